The number of pyridine rings is 1. The van der Waals surface area contributed by atoms with Gasteiger partial charge in [0.25, 0.3) is 0 Å². The van der Waals surface area contributed by atoms with Crippen LogP contribution in [0.2, 0.25) is 5.02 Å². The summed E-state index contributed by atoms with van der Waals surface area (Å²) in [6.07, 6.45) is 2.81. The van der Waals surface area contributed by atoms with Gasteiger partial charge in [0.1, 0.15) is 11.6 Å². The molecule has 1 aliphatic rings. The maximum absolute atomic E-state index is 14.8. The van der Waals surface area contributed by atoms with Gasteiger partial charge >= 0.3 is 6.09 Å². The van der Waals surface area contributed by atoms with Gasteiger partial charge in [-0.2, -0.15) is 0 Å². The molecule has 11 heteroatoms. The van der Waals surface area contributed by atoms with E-state index in [9.17, 15) is 22.0 Å². The SMILES string of the molecule is C[C@H](COC(=O)N1CCN(c2ccncc2)CC1)[C@@H](c1cc(F)ccc1F)S(=O)(=O)c1ccc(Cl)cc1. The molecular weight excluding hydrogens is 524 g/mol. The van der Waals surface area contributed by atoms with Crippen LogP contribution >= 0.6 is 11.6 Å². The lowest BCUT2D eigenvalue weighted by molar-refractivity contribution is 0.0870. The van der Waals surface area contributed by atoms with Crippen LogP contribution in [0.4, 0.5) is 19.3 Å². The molecule has 1 amide bonds. The molecule has 0 bridgehead atoms. The second-order valence-electron chi connectivity index (χ2n) is 8.82. The second kappa shape index (κ2) is 11.4. The third kappa shape index (κ3) is 6.19. The summed E-state index contributed by atoms with van der Waals surface area (Å²) in [4.78, 5) is 20.3. The molecule has 4 rings (SSSR count). The van der Waals surface area contributed by atoms with E-state index in [4.69, 9.17) is 16.3 Å². The molecule has 0 aliphatic carbocycles. The maximum atomic E-state index is 14.8. The molecule has 1 aromatic heterocycles. The van der Waals surface area contributed by atoms with Crippen molar-refractivity contribution in [1.82, 2.24) is 9.88 Å². The molecule has 0 saturated carbocycles. The average Bonchev–Trinajstić information content (AvgIpc) is 2.90. The first-order valence-corrected chi connectivity index (χ1v) is 13.6. The van der Waals surface area contributed by atoms with Crippen LogP contribution in [-0.2, 0) is 14.6 Å². The first-order valence-electron chi connectivity index (χ1n) is 11.7. The number of hydrogen-bond acceptors (Lipinski definition) is 6. The Morgan fingerprint density at radius 3 is 2.32 bits per heavy atom. The van der Waals surface area contributed by atoms with Gasteiger partial charge in [0.15, 0.2) is 9.84 Å². The van der Waals surface area contributed by atoms with Crippen LogP contribution in [0.5, 0.6) is 0 Å². The lowest BCUT2D eigenvalue weighted by Crippen LogP contribution is -2.49. The molecule has 2 heterocycles. The van der Waals surface area contributed by atoms with Crippen LogP contribution in [0.15, 0.2) is 71.9 Å². The number of piperazine rings is 1. The monoisotopic (exact) mass is 549 g/mol. The van der Waals surface area contributed by atoms with E-state index in [1.807, 2.05) is 12.1 Å². The Kier molecular flexibility index (Phi) is 8.29. The molecule has 7 nitrogen and oxygen atoms in total. The number of amides is 1. The van der Waals surface area contributed by atoms with Gasteiger partial charge in [-0.1, -0.05) is 18.5 Å². The maximum Gasteiger partial charge on any atom is 0.409 e. The molecular formula is C26H26ClF2N3O4S. The molecule has 2 atom stereocenters. The Labute approximate surface area is 219 Å². The lowest BCUT2D eigenvalue weighted by Gasteiger charge is -2.35. The van der Waals surface area contributed by atoms with Gasteiger partial charge in [0, 0.05) is 60.8 Å². The van der Waals surface area contributed by atoms with Gasteiger partial charge < -0.3 is 14.5 Å². The number of rotatable bonds is 7. The van der Waals surface area contributed by atoms with Crippen molar-refractivity contribution in [3.05, 3.63) is 89.2 Å². The number of nitrogens with zero attached hydrogens (tertiary/aromatic N) is 3. The largest absolute Gasteiger partial charge is 0.449 e. The average molecular weight is 550 g/mol. The predicted octanol–water partition coefficient (Wildman–Crippen LogP) is 5.12. The van der Waals surface area contributed by atoms with Crippen LogP contribution in [0.25, 0.3) is 0 Å². The summed E-state index contributed by atoms with van der Waals surface area (Å²) < 4.78 is 61.4. The van der Waals surface area contributed by atoms with Crippen LogP contribution in [0, 0.1) is 17.6 Å². The van der Waals surface area contributed by atoms with Crippen LogP contribution in [-0.4, -0.2) is 57.2 Å². The Hall–Kier alpha value is -3.24. The zero-order valence-corrected chi connectivity index (χ0v) is 21.6. The number of aromatic nitrogens is 1. The topological polar surface area (TPSA) is 79.8 Å². The number of carbonyl (C=O) groups is 1. The molecule has 196 valence electrons. The number of hydrogen-bond donors (Lipinski definition) is 0. The van der Waals surface area contributed by atoms with E-state index in [1.54, 1.807) is 12.4 Å². The van der Waals surface area contributed by atoms with Crippen LogP contribution in [0.3, 0.4) is 0 Å². The van der Waals surface area contributed by atoms with Crippen molar-refractivity contribution in [3.8, 4) is 0 Å². The molecule has 0 radical (unpaired) electrons. The summed E-state index contributed by atoms with van der Waals surface area (Å²) >= 11 is 5.90. The molecule has 0 spiro atoms. The van der Waals surface area contributed by atoms with E-state index in [0.29, 0.717) is 31.2 Å². The Morgan fingerprint density at radius 1 is 1.03 bits per heavy atom. The molecule has 2 aromatic carbocycles. The van der Waals surface area contributed by atoms with Crippen molar-refractivity contribution in [2.75, 3.05) is 37.7 Å². The fraction of sp³-hybridized carbons (Fsp3) is 0.308. The zero-order chi connectivity index (χ0) is 26.6. The van der Waals surface area contributed by atoms with E-state index in [0.717, 1.165) is 23.9 Å². The number of sulfone groups is 1. The lowest BCUT2D eigenvalue weighted by atomic mass is 10.0. The van der Waals surface area contributed by atoms with Crippen LogP contribution in [0.1, 0.15) is 17.7 Å². The number of halogens is 3. The van der Waals surface area contributed by atoms with Crippen molar-refractivity contribution >= 4 is 33.2 Å². The van der Waals surface area contributed by atoms with E-state index in [1.165, 1.54) is 36.1 Å². The highest BCUT2D eigenvalue weighted by Crippen LogP contribution is 2.37. The third-order valence-corrected chi connectivity index (χ3v) is 8.86. The van der Waals surface area contributed by atoms with Gasteiger partial charge in [-0.15, -0.1) is 0 Å². The van der Waals surface area contributed by atoms with Gasteiger partial charge in [0.2, 0.25) is 0 Å². The van der Waals surface area contributed by atoms with E-state index in [2.05, 4.69) is 9.88 Å². The number of benzene rings is 2. The quantitative estimate of drug-likeness (QED) is 0.407. The molecule has 0 N–H and O–H groups in total. The fourth-order valence-electron chi connectivity index (χ4n) is 4.37. The van der Waals surface area contributed by atoms with Crippen molar-refractivity contribution < 1.29 is 26.7 Å². The summed E-state index contributed by atoms with van der Waals surface area (Å²) in [5.41, 5.74) is 0.675. The van der Waals surface area contributed by atoms with Gasteiger partial charge in [-0.3, -0.25) is 4.98 Å². The molecule has 1 fully saturated rings. The standard InChI is InChI=1S/C26H26ClF2N3O4S/c1-18(17-36-26(33)32-14-12-31(13-15-32)21-8-10-30-11-9-21)25(23-16-20(28)4-7-24(23)29)37(34,35)22-5-2-19(27)3-6-22/h2-11,16,18,25H,12-15,17H2,1H3/t18-,25+/m1/s1. The van der Waals surface area contributed by atoms with Crippen molar-refractivity contribution in [2.45, 2.75) is 17.1 Å². The van der Waals surface area contributed by atoms with Crippen molar-refractivity contribution in [1.29, 1.82) is 0 Å². The first kappa shape index (κ1) is 26.8. The zero-order valence-electron chi connectivity index (χ0n) is 20.1. The highest BCUT2D eigenvalue weighted by atomic mass is 35.5. The highest BCUT2D eigenvalue weighted by molar-refractivity contribution is 7.91. The summed E-state index contributed by atoms with van der Waals surface area (Å²) in [7, 11) is -4.20. The van der Waals surface area contributed by atoms with Gasteiger partial charge in [-0.05, 0) is 54.6 Å². The Balaban J connectivity index is 1.48. The molecule has 3 aromatic rings. The predicted molar refractivity (Wildman–Crippen MR) is 136 cm³/mol. The molecule has 37 heavy (non-hydrogen) atoms. The van der Waals surface area contributed by atoms with Gasteiger partial charge in [-0.25, -0.2) is 22.0 Å². The highest BCUT2D eigenvalue weighted by Gasteiger charge is 2.37. The van der Waals surface area contributed by atoms with Crippen LogP contribution < -0.4 is 4.90 Å². The Morgan fingerprint density at radius 2 is 1.68 bits per heavy atom. The normalized spacial score (nSPS) is 15.8. The van der Waals surface area contributed by atoms with Gasteiger partial charge in [0.05, 0.1) is 16.8 Å². The number of carbonyl (C=O) groups excluding carboxylic acids is 1. The number of anilines is 1. The number of ether oxygens (including phenoxy) is 1. The Bertz CT molecular complexity index is 1340. The molecule has 0 unspecified atom stereocenters. The second-order valence-corrected chi connectivity index (χ2v) is 11.3. The summed E-state index contributed by atoms with van der Waals surface area (Å²) in [6, 6.07) is 11.9. The summed E-state index contributed by atoms with van der Waals surface area (Å²) in [5, 5.41) is -1.17. The minimum Gasteiger partial charge on any atom is -0.449 e. The van der Waals surface area contributed by atoms with Crippen molar-refractivity contribution in [2.24, 2.45) is 5.92 Å². The van der Waals surface area contributed by atoms with Crippen molar-refractivity contribution in [3.63, 3.8) is 0 Å². The third-order valence-electron chi connectivity index (χ3n) is 6.29. The molecule has 1 aliphatic heterocycles. The minimum atomic E-state index is -4.20. The van der Waals surface area contributed by atoms with E-state index in [-0.39, 0.29) is 17.1 Å². The smallest absolute Gasteiger partial charge is 0.409 e. The first-order chi connectivity index (χ1) is 17.7. The summed E-state index contributed by atoms with van der Waals surface area (Å²) in [6.45, 7) is 3.24. The summed E-state index contributed by atoms with van der Waals surface area (Å²) in [5.74, 6) is -2.53. The fourth-order valence-corrected chi connectivity index (χ4v) is 6.51. The van der Waals surface area contributed by atoms with E-state index < -0.39 is 38.7 Å². The molecule has 1 saturated heterocycles. The minimum absolute atomic E-state index is 0.101. The van der Waals surface area contributed by atoms with E-state index >= 15 is 0 Å².